The van der Waals surface area contributed by atoms with Gasteiger partial charge >= 0.3 is 5.97 Å². The molecule has 1 aromatic heterocycles. The van der Waals surface area contributed by atoms with Crippen LogP contribution in [0.3, 0.4) is 0 Å². The lowest BCUT2D eigenvalue weighted by atomic mass is 10.3. The zero-order valence-corrected chi connectivity index (χ0v) is 9.64. The Hall–Kier alpha value is -1.69. The van der Waals surface area contributed by atoms with Gasteiger partial charge in [-0.2, -0.15) is 0 Å². The van der Waals surface area contributed by atoms with E-state index < -0.39 is 5.97 Å². The Morgan fingerprint density at radius 3 is 2.88 bits per heavy atom. The Morgan fingerprint density at radius 1 is 1.62 bits per heavy atom. The largest absolute Gasteiger partial charge is 0.477 e. The van der Waals surface area contributed by atoms with Crippen LogP contribution in [0.4, 0.5) is 5.95 Å². The fraction of sp³-hybridized carbons (Fsp3) is 0.500. The SMILES string of the molecule is CC(CNc1nccc(C(=O)O)n1)N(C)C. The molecule has 0 bridgehead atoms. The number of aromatic nitrogens is 2. The third-order valence-electron chi connectivity index (χ3n) is 2.31. The lowest BCUT2D eigenvalue weighted by Gasteiger charge is -2.19. The average Bonchev–Trinajstić information content (AvgIpc) is 2.26. The highest BCUT2D eigenvalue weighted by molar-refractivity contribution is 5.85. The smallest absolute Gasteiger partial charge is 0.354 e. The summed E-state index contributed by atoms with van der Waals surface area (Å²) < 4.78 is 0. The van der Waals surface area contributed by atoms with Crippen LogP contribution in [0.25, 0.3) is 0 Å². The fourth-order valence-corrected chi connectivity index (χ4v) is 0.985. The Bertz CT molecular complexity index is 368. The molecule has 1 rings (SSSR count). The second kappa shape index (κ2) is 5.41. The minimum atomic E-state index is -1.05. The fourth-order valence-electron chi connectivity index (χ4n) is 0.985. The number of carboxylic acid groups (broad SMARTS) is 1. The highest BCUT2D eigenvalue weighted by Crippen LogP contribution is 2.01. The number of carbonyl (C=O) groups is 1. The van der Waals surface area contributed by atoms with Crippen LogP contribution in [0, 0.1) is 0 Å². The Morgan fingerprint density at radius 2 is 2.31 bits per heavy atom. The van der Waals surface area contributed by atoms with Crippen LogP contribution in [0.2, 0.25) is 0 Å². The van der Waals surface area contributed by atoms with Gasteiger partial charge in [0.05, 0.1) is 0 Å². The van der Waals surface area contributed by atoms with Crippen LogP contribution in [-0.4, -0.2) is 52.6 Å². The predicted octanol–water partition coefficient (Wildman–Crippen LogP) is 0.537. The molecule has 1 unspecified atom stereocenters. The Balaban J connectivity index is 2.61. The number of likely N-dealkylation sites (N-methyl/N-ethyl adjacent to an activating group) is 1. The number of hydrogen-bond acceptors (Lipinski definition) is 5. The maximum Gasteiger partial charge on any atom is 0.354 e. The summed E-state index contributed by atoms with van der Waals surface area (Å²) in [4.78, 5) is 20.5. The van der Waals surface area contributed by atoms with Crippen LogP contribution in [0.15, 0.2) is 12.3 Å². The van der Waals surface area contributed by atoms with Crippen molar-refractivity contribution in [2.45, 2.75) is 13.0 Å². The van der Waals surface area contributed by atoms with Crippen LogP contribution in [0.5, 0.6) is 0 Å². The van der Waals surface area contributed by atoms with Crippen molar-refractivity contribution < 1.29 is 9.90 Å². The van der Waals surface area contributed by atoms with Crippen LogP contribution in [0.1, 0.15) is 17.4 Å². The molecule has 0 radical (unpaired) electrons. The summed E-state index contributed by atoms with van der Waals surface area (Å²) in [5.74, 6) is -0.709. The zero-order valence-electron chi connectivity index (χ0n) is 9.64. The number of aromatic carboxylic acids is 1. The van der Waals surface area contributed by atoms with Crippen molar-refractivity contribution in [3.05, 3.63) is 18.0 Å². The summed E-state index contributed by atoms with van der Waals surface area (Å²) in [6.07, 6.45) is 1.43. The number of anilines is 1. The van der Waals surface area contributed by atoms with E-state index in [0.29, 0.717) is 18.5 Å². The molecule has 0 saturated heterocycles. The summed E-state index contributed by atoms with van der Waals surface area (Å²) in [5.41, 5.74) is -0.00462. The molecule has 1 heterocycles. The van der Waals surface area contributed by atoms with E-state index >= 15 is 0 Å². The van der Waals surface area contributed by atoms with Gasteiger partial charge < -0.3 is 15.3 Å². The quantitative estimate of drug-likeness (QED) is 0.760. The molecule has 6 nitrogen and oxygen atoms in total. The standard InChI is InChI=1S/C10H16N4O2/c1-7(14(2)3)6-12-10-11-5-4-8(13-10)9(15)16/h4-5,7H,6H2,1-3H3,(H,15,16)(H,11,12,13). The summed E-state index contributed by atoms with van der Waals surface area (Å²) in [5, 5.41) is 11.7. The van der Waals surface area contributed by atoms with Gasteiger partial charge in [-0.15, -0.1) is 0 Å². The molecular weight excluding hydrogens is 208 g/mol. The number of nitrogens with one attached hydrogen (secondary N) is 1. The number of hydrogen-bond donors (Lipinski definition) is 2. The lowest BCUT2D eigenvalue weighted by molar-refractivity contribution is 0.0690. The third kappa shape index (κ3) is 3.47. The molecule has 6 heteroatoms. The van der Waals surface area contributed by atoms with Crippen molar-refractivity contribution in [1.82, 2.24) is 14.9 Å². The van der Waals surface area contributed by atoms with Crippen molar-refractivity contribution in [1.29, 1.82) is 0 Å². The van der Waals surface area contributed by atoms with Gasteiger partial charge in [-0.05, 0) is 27.1 Å². The highest BCUT2D eigenvalue weighted by Gasteiger charge is 2.08. The maximum absolute atomic E-state index is 10.7. The van der Waals surface area contributed by atoms with E-state index in [4.69, 9.17) is 5.11 Å². The van der Waals surface area contributed by atoms with E-state index in [-0.39, 0.29) is 5.69 Å². The van der Waals surface area contributed by atoms with E-state index in [9.17, 15) is 4.79 Å². The second-order valence-corrected chi connectivity index (χ2v) is 3.76. The van der Waals surface area contributed by atoms with Crippen molar-refractivity contribution in [3.8, 4) is 0 Å². The molecule has 1 atom stereocenters. The number of nitrogens with zero attached hydrogens (tertiary/aromatic N) is 3. The van der Waals surface area contributed by atoms with Crippen LogP contribution < -0.4 is 5.32 Å². The van der Waals surface area contributed by atoms with E-state index in [0.717, 1.165) is 0 Å². The molecule has 88 valence electrons. The van der Waals surface area contributed by atoms with Gasteiger partial charge in [-0.3, -0.25) is 0 Å². The average molecular weight is 224 g/mol. The van der Waals surface area contributed by atoms with Crippen LogP contribution in [-0.2, 0) is 0 Å². The number of carboxylic acids is 1. The normalized spacial score (nSPS) is 12.5. The van der Waals surface area contributed by atoms with Gasteiger partial charge in [0.25, 0.3) is 0 Å². The minimum Gasteiger partial charge on any atom is -0.477 e. The summed E-state index contributed by atoms with van der Waals surface area (Å²) in [6, 6.07) is 1.68. The first-order valence-corrected chi connectivity index (χ1v) is 4.97. The van der Waals surface area contributed by atoms with Gasteiger partial charge in [0.15, 0.2) is 5.69 Å². The first kappa shape index (κ1) is 12.4. The zero-order chi connectivity index (χ0) is 12.1. The van der Waals surface area contributed by atoms with Gasteiger partial charge in [0, 0.05) is 18.8 Å². The van der Waals surface area contributed by atoms with Crippen molar-refractivity contribution in [3.63, 3.8) is 0 Å². The molecule has 0 aromatic carbocycles. The van der Waals surface area contributed by atoms with Gasteiger partial charge in [0.2, 0.25) is 5.95 Å². The first-order chi connectivity index (χ1) is 7.50. The summed E-state index contributed by atoms with van der Waals surface area (Å²) in [6.45, 7) is 2.71. The van der Waals surface area contributed by atoms with Crippen LogP contribution >= 0.6 is 0 Å². The molecule has 0 amide bonds. The minimum absolute atomic E-state index is 0.00462. The van der Waals surface area contributed by atoms with E-state index in [1.807, 2.05) is 25.9 Å². The molecule has 0 saturated carbocycles. The van der Waals surface area contributed by atoms with Crippen molar-refractivity contribution in [2.24, 2.45) is 0 Å². The summed E-state index contributed by atoms with van der Waals surface area (Å²) in [7, 11) is 3.95. The van der Waals surface area contributed by atoms with E-state index in [1.165, 1.54) is 12.3 Å². The van der Waals surface area contributed by atoms with Crippen molar-refractivity contribution in [2.75, 3.05) is 26.0 Å². The van der Waals surface area contributed by atoms with E-state index in [1.54, 1.807) is 0 Å². The molecule has 1 aromatic rings. The third-order valence-corrected chi connectivity index (χ3v) is 2.31. The molecule has 0 aliphatic carbocycles. The van der Waals surface area contributed by atoms with E-state index in [2.05, 4.69) is 15.3 Å². The molecule has 16 heavy (non-hydrogen) atoms. The van der Waals surface area contributed by atoms with Crippen molar-refractivity contribution >= 4 is 11.9 Å². The number of rotatable bonds is 5. The monoisotopic (exact) mass is 224 g/mol. The Kier molecular flexibility index (Phi) is 4.19. The molecule has 0 aliphatic heterocycles. The lowest BCUT2D eigenvalue weighted by Crippen LogP contribution is -2.32. The molecule has 0 fully saturated rings. The van der Waals surface area contributed by atoms with Gasteiger partial charge in [-0.25, -0.2) is 14.8 Å². The highest BCUT2D eigenvalue weighted by atomic mass is 16.4. The summed E-state index contributed by atoms with van der Waals surface area (Å²) >= 11 is 0. The predicted molar refractivity (Wildman–Crippen MR) is 60.6 cm³/mol. The first-order valence-electron chi connectivity index (χ1n) is 4.97. The topological polar surface area (TPSA) is 78.3 Å². The second-order valence-electron chi connectivity index (χ2n) is 3.76. The Labute approximate surface area is 94.3 Å². The molecular formula is C10H16N4O2. The molecule has 0 spiro atoms. The van der Waals surface area contributed by atoms with Gasteiger partial charge in [0.1, 0.15) is 0 Å². The maximum atomic E-state index is 10.7. The van der Waals surface area contributed by atoms with Gasteiger partial charge in [-0.1, -0.05) is 0 Å². The molecule has 0 aliphatic rings. The molecule has 2 N–H and O–H groups in total.